The van der Waals surface area contributed by atoms with Gasteiger partial charge in [0.15, 0.2) is 0 Å². The minimum Gasteiger partial charge on any atom is -0.368 e. The van der Waals surface area contributed by atoms with Gasteiger partial charge in [-0.05, 0) is 33.2 Å². The first-order valence-corrected chi connectivity index (χ1v) is 10.1. The highest BCUT2D eigenvalue weighted by atomic mass is 16.2. The molecule has 0 aromatic heterocycles. The monoisotopic (exact) mass is 412 g/mol. The second kappa shape index (κ2) is 11.7. The van der Waals surface area contributed by atoms with Crippen LogP contribution in [0.2, 0.25) is 0 Å². The van der Waals surface area contributed by atoms with Crippen molar-refractivity contribution in [2.24, 2.45) is 5.73 Å². The standard InChI is InChI=1S/C19H36N6O4/c1-12(2)22-13(3)18(28)23-14(11-26)10-25(19(29)21-4)9-8-15-6-7-16(17(20)27)24(15)5/h11-16,22H,6-10H2,1-5H3,(H2,20,27)(H,21,29)(H,23,28)/t13-,14?,15?,16?/m0/s1. The van der Waals surface area contributed by atoms with Gasteiger partial charge in [-0.25, -0.2) is 4.79 Å². The molecular formula is C19H36N6O4. The summed E-state index contributed by atoms with van der Waals surface area (Å²) in [6.07, 6.45) is 2.79. The molecule has 166 valence electrons. The summed E-state index contributed by atoms with van der Waals surface area (Å²) >= 11 is 0. The molecule has 0 aliphatic carbocycles. The summed E-state index contributed by atoms with van der Waals surface area (Å²) in [5, 5.41) is 8.32. The Morgan fingerprint density at radius 1 is 1.24 bits per heavy atom. The van der Waals surface area contributed by atoms with Crippen molar-refractivity contribution in [1.82, 2.24) is 25.8 Å². The number of carbonyl (C=O) groups excluding carboxylic acids is 4. The van der Waals surface area contributed by atoms with Crippen molar-refractivity contribution in [2.75, 3.05) is 27.2 Å². The summed E-state index contributed by atoms with van der Waals surface area (Å²) in [6, 6.07) is -1.63. The molecule has 1 fully saturated rings. The van der Waals surface area contributed by atoms with E-state index in [0.717, 1.165) is 6.42 Å². The van der Waals surface area contributed by atoms with Crippen molar-refractivity contribution in [3.63, 3.8) is 0 Å². The molecule has 4 atom stereocenters. The number of hydrogen-bond acceptors (Lipinski definition) is 6. The lowest BCUT2D eigenvalue weighted by molar-refractivity contribution is -0.125. The summed E-state index contributed by atoms with van der Waals surface area (Å²) in [4.78, 5) is 51.0. The average molecular weight is 413 g/mol. The number of nitrogens with zero attached hydrogens (tertiary/aromatic N) is 2. The zero-order valence-corrected chi connectivity index (χ0v) is 18.1. The minimum absolute atomic E-state index is 0.0684. The number of amides is 4. The molecule has 0 aromatic carbocycles. The van der Waals surface area contributed by atoms with Gasteiger partial charge >= 0.3 is 6.03 Å². The van der Waals surface area contributed by atoms with E-state index in [2.05, 4.69) is 16.0 Å². The summed E-state index contributed by atoms with van der Waals surface area (Å²) < 4.78 is 0. The number of likely N-dealkylation sites (N-methyl/N-ethyl adjacent to an activating group) is 1. The van der Waals surface area contributed by atoms with Crippen LogP contribution in [-0.4, -0.2) is 91.3 Å². The Labute approximate surface area is 172 Å². The smallest absolute Gasteiger partial charge is 0.317 e. The maximum atomic E-state index is 12.3. The topological polar surface area (TPSA) is 137 Å². The molecule has 1 saturated heterocycles. The molecule has 29 heavy (non-hydrogen) atoms. The zero-order chi connectivity index (χ0) is 22.1. The molecule has 1 aliphatic heterocycles. The predicted octanol–water partition coefficient (Wildman–Crippen LogP) is -0.964. The summed E-state index contributed by atoms with van der Waals surface area (Å²) in [5.41, 5.74) is 5.42. The normalized spacial score (nSPS) is 21.4. The van der Waals surface area contributed by atoms with Crippen molar-refractivity contribution in [2.45, 2.75) is 70.2 Å². The lowest BCUT2D eigenvalue weighted by Gasteiger charge is -2.29. The van der Waals surface area contributed by atoms with E-state index in [0.29, 0.717) is 25.7 Å². The lowest BCUT2D eigenvalue weighted by atomic mass is 10.1. The first-order valence-electron chi connectivity index (χ1n) is 10.1. The molecule has 0 saturated carbocycles. The Balaban J connectivity index is 2.67. The molecule has 0 spiro atoms. The van der Waals surface area contributed by atoms with Crippen LogP contribution in [0.3, 0.4) is 0 Å². The van der Waals surface area contributed by atoms with Gasteiger partial charge in [-0.1, -0.05) is 13.8 Å². The van der Waals surface area contributed by atoms with Gasteiger partial charge in [0.2, 0.25) is 11.8 Å². The molecule has 0 aromatic rings. The van der Waals surface area contributed by atoms with E-state index in [9.17, 15) is 19.2 Å². The number of likely N-dealkylation sites (tertiary alicyclic amines) is 1. The predicted molar refractivity (Wildman–Crippen MR) is 110 cm³/mol. The number of urea groups is 1. The molecular weight excluding hydrogens is 376 g/mol. The Morgan fingerprint density at radius 2 is 1.90 bits per heavy atom. The van der Waals surface area contributed by atoms with E-state index < -0.39 is 12.1 Å². The van der Waals surface area contributed by atoms with Crippen LogP contribution in [0.5, 0.6) is 0 Å². The van der Waals surface area contributed by atoms with Crippen LogP contribution in [0.25, 0.3) is 0 Å². The Kier molecular flexibility index (Phi) is 10.0. The second-order valence-electron chi connectivity index (χ2n) is 7.90. The number of rotatable bonds is 11. The molecule has 3 unspecified atom stereocenters. The van der Waals surface area contributed by atoms with Crippen LogP contribution < -0.4 is 21.7 Å². The van der Waals surface area contributed by atoms with Gasteiger partial charge in [-0.2, -0.15) is 0 Å². The van der Waals surface area contributed by atoms with Crippen LogP contribution in [0, 0.1) is 0 Å². The van der Waals surface area contributed by atoms with Gasteiger partial charge < -0.3 is 31.4 Å². The number of aldehydes is 1. The van der Waals surface area contributed by atoms with Gasteiger partial charge in [0.05, 0.1) is 12.1 Å². The molecule has 10 nitrogen and oxygen atoms in total. The third kappa shape index (κ3) is 7.62. The van der Waals surface area contributed by atoms with E-state index in [1.165, 1.54) is 11.9 Å². The van der Waals surface area contributed by atoms with Crippen LogP contribution in [0.4, 0.5) is 4.79 Å². The van der Waals surface area contributed by atoms with E-state index in [4.69, 9.17) is 5.73 Å². The van der Waals surface area contributed by atoms with Crippen LogP contribution >= 0.6 is 0 Å². The third-order valence-corrected chi connectivity index (χ3v) is 5.29. The average Bonchev–Trinajstić information content (AvgIpc) is 3.03. The number of primary amides is 1. The second-order valence-corrected chi connectivity index (χ2v) is 7.90. The molecule has 10 heteroatoms. The number of carbonyl (C=O) groups is 4. The molecule has 0 bridgehead atoms. The molecule has 1 aliphatic rings. The summed E-state index contributed by atoms with van der Waals surface area (Å²) in [6.45, 7) is 6.03. The fourth-order valence-corrected chi connectivity index (χ4v) is 3.69. The highest BCUT2D eigenvalue weighted by Crippen LogP contribution is 2.24. The molecule has 4 amide bonds. The number of nitrogens with two attached hydrogens (primary N) is 1. The summed E-state index contributed by atoms with van der Waals surface area (Å²) in [5.74, 6) is -0.640. The van der Waals surface area contributed by atoms with Gasteiger partial charge in [0, 0.05) is 32.2 Å². The van der Waals surface area contributed by atoms with Gasteiger partial charge in [0.1, 0.15) is 12.3 Å². The van der Waals surface area contributed by atoms with Crippen LogP contribution in [0.1, 0.15) is 40.0 Å². The van der Waals surface area contributed by atoms with E-state index in [1.807, 2.05) is 25.8 Å². The van der Waals surface area contributed by atoms with Gasteiger partial charge in [0.25, 0.3) is 0 Å². The van der Waals surface area contributed by atoms with Gasteiger partial charge in [-0.15, -0.1) is 0 Å². The SMILES string of the molecule is CNC(=O)N(CCC1CCC(C(N)=O)N1C)CC(C=O)NC(=O)[C@H](C)NC(C)C. The summed E-state index contributed by atoms with van der Waals surface area (Å²) in [7, 11) is 3.37. The maximum absolute atomic E-state index is 12.3. The largest absolute Gasteiger partial charge is 0.368 e. The zero-order valence-electron chi connectivity index (χ0n) is 18.1. The van der Waals surface area contributed by atoms with Crippen molar-refractivity contribution >= 4 is 24.1 Å². The van der Waals surface area contributed by atoms with Crippen molar-refractivity contribution in [3.8, 4) is 0 Å². The van der Waals surface area contributed by atoms with Crippen LogP contribution in [0.15, 0.2) is 0 Å². The molecule has 1 rings (SSSR count). The van der Waals surface area contributed by atoms with E-state index in [-0.39, 0.29) is 42.5 Å². The van der Waals surface area contributed by atoms with Crippen LogP contribution in [-0.2, 0) is 14.4 Å². The van der Waals surface area contributed by atoms with E-state index >= 15 is 0 Å². The number of nitrogens with one attached hydrogen (secondary N) is 3. The molecule has 0 radical (unpaired) electrons. The van der Waals surface area contributed by atoms with Gasteiger partial charge in [-0.3, -0.25) is 14.5 Å². The fraction of sp³-hybridized carbons (Fsp3) is 0.789. The quantitative estimate of drug-likeness (QED) is 0.323. The fourth-order valence-electron chi connectivity index (χ4n) is 3.69. The molecule has 5 N–H and O–H groups in total. The van der Waals surface area contributed by atoms with Crippen molar-refractivity contribution < 1.29 is 19.2 Å². The Bertz CT molecular complexity index is 585. The molecule has 1 heterocycles. The van der Waals surface area contributed by atoms with Crippen molar-refractivity contribution in [1.29, 1.82) is 0 Å². The Morgan fingerprint density at radius 3 is 2.38 bits per heavy atom. The Hall–Kier alpha value is -2.20. The first-order chi connectivity index (χ1) is 13.6. The van der Waals surface area contributed by atoms with E-state index in [1.54, 1.807) is 6.92 Å². The number of hydrogen-bond donors (Lipinski definition) is 4. The maximum Gasteiger partial charge on any atom is 0.317 e. The first kappa shape index (κ1) is 24.8. The highest BCUT2D eigenvalue weighted by Gasteiger charge is 2.34. The van der Waals surface area contributed by atoms with Crippen molar-refractivity contribution in [3.05, 3.63) is 0 Å². The highest BCUT2D eigenvalue weighted by molar-refractivity contribution is 5.84. The minimum atomic E-state index is -0.809. The third-order valence-electron chi connectivity index (χ3n) is 5.29. The lowest BCUT2D eigenvalue weighted by Crippen LogP contribution is -2.53.